The molecule has 13 heavy (non-hydrogen) atoms. The van der Waals surface area contributed by atoms with Gasteiger partial charge < -0.3 is 4.74 Å². The number of halogens is 1. The van der Waals surface area contributed by atoms with Crippen LogP contribution in [0.1, 0.15) is 44.9 Å². The quantitative estimate of drug-likeness (QED) is 0.428. The van der Waals surface area contributed by atoms with Crippen LogP contribution < -0.4 is 0 Å². The van der Waals surface area contributed by atoms with E-state index in [9.17, 15) is 0 Å². The highest BCUT2D eigenvalue weighted by atomic mass is 127. The molecule has 0 heterocycles. The van der Waals surface area contributed by atoms with E-state index in [4.69, 9.17) is 4.74 Å². The minimum absolute atomic E-state index is 0.583. The molecule has 2 unspecified atom stereocenters. The summed E-state index contributed by atoms with van der Waals surface area (Å²) in [5.41, 5.74) is 0. The van der Waals surface area contributed by atoms with E-state index in [-0.39, 0.29) is 0 Å². The third-order valence-electron chi connectivity index (χ3n) is 3.16. The van der Waals surface area contributed by atoms with Gasteiger partial charge in [-0.2, -0.15) is 0 Å². The molecular formula is C11H19IO. The van der Waals surface area contributed by atoms with Crippen molar-refractivity contribution in [1.82, 2.24) is 0 Å². The molecule has 0 radical (unpaired) electrons. The molecular weight excluding hydrogens is 275 g/mol. The highest BCUT2D eigenvalue weighted by Crippen LogP contribution is 2.34. The molecule has 1 nitrogen and oxygen atoms in total. The average Bonchev–Trinajstić information content (AvgIpc) is 2.86. The standard InChI is InChI=1S/C11H19IO/c12-10-4-1-5-11(10)13-8-2-3-9-6-7-9/h9-11H,1-8H2. The number of alkyl halides is 1. The van der Waals surface area contributed by atoms with Gasteiger partial charge in [0.1, 0.15) is 0 Å². The van der Waals surface area contributed by atoms with Crippen LogP contribution in [0.5, 0.6) is 0 Å². The molecule has 2 aliphatic rings. The van der Waals surface area contributed by atoms with Crippen LogP contribution >= 0.6 is 22.6 Å². The van der Waals surface area contributed by atoms with Crippen molar-refractivity contribution in [3.8, 4) is 0 Å². The van der Waals surface area contributed by atoms with Crippen LogP contribution in [0.25, 0.3) is 0 Å². The van der Waals surface area contributed by atoms with Gasteiger partial charge in [0.15, 0.2) is 0 Å². The van der Waals surface area contributed by atoms with E-state index < -0.39 is 0 Å². The normalized spacial score (nSPS) is 33.9. The van der Waals surface area contributed by atoms with Crippen molar-refractivity contribution >= 4 is 22.6 Å². The molecule has 0 N–H and O–H groups in total. The van der Waals surface area contributed by atoms with Crippen molar-refractivity contribution in [3.05, 3.63) is 0 Å². The summed E-state index contributed by atoms with van der Waals surface area (Å²) in [6.45, 7) is 1.01. The monoisotopic (exact) mass is 294 g/mol. The molecule has 0 saturated heterocycles. The summed E-state index contributed by atoms with van der Waals surface area (Å²) in [5.74, 6) is 1.07. The lowest BCUT2D eigenvalue weighted by atomic mass is 10.2. The van der Waals surface area contributed by atoms with E-state index in [1.54, 1.807) is 0 Å². The Labute approximate surface area is 94.8 Å². The number of hydrogen-bond donors (Lipinski definition) is 0. The Morgan fingerprint density at radius 1 is 1.15 bits per heavy atom. The summed E-state index contributed by atoms with van der Waals surface area (Å²) < 4.78 is 6.68. The van der Waals surface area contributed by atoms with Crippen LogP contribution in [0.2, 0.25) is 0 Å². The molecule has 0 aromatic carbocycles. The second-order valence-electron chi connectivity index (χ2n) is 4.44. The van der Waals surface area contributed by atoms with Gasteiger partial charge in [0, 0.05) is 10.5 Å². The van der Waals surface area contributed by atoms with Gasteiger partial charge in [-0.05, 0) is 38.0 Å². The van der Waals surface area contributed by atoms with Crippen molar-refractivity contribution in [2.24, 2.45) is 5.92 Å². The van der Waals surface area contributed by atoms with Crippen LogP contribution in [0.15, 0.2) is 0 Å². The van der Waals surface area contributed by atoms with Crippen molar-refractivity contribution in [2.75, 3.05) is 6.61 Å². The van der Waals surface area contributed by atoms with E-state index in [2.05, 4.69) is 22.6 Å². The zero-order valence-corrected chi connectivity index (χ0v) is 10.3. The molecule has 2 fully saturated rings. The summed E-state index contributed by atoms with van der Waals surface area (Å²) in [6, 6.07) is 0. The molecule has 2 heteroatoms. The first-order valence-electron chi connectivity index (χ1n) is 5.62. The smallest absolute Gasteiger partial charge is 0.0692 e. The topological polar surface area (TPSA) is 9.23 Å². The van der Waals surface area contributed by atoms with Crippen molar-refractivity contribution in [2.45, 2.75) is 55.0 Å². The Morgan fingerprint density at radius 2 is 2.00 bits per heavy atom. The van der Waals surface area contributed by atoms with Gasteiger partial charge >= 0.3 is 0 Å². The van der Waals surface area contributed by atoms with Crippen LogP contribution in [-0.2, 0) is 4.74 Å². The van der Waals surface area contributed by atoms with Gasteiger partial charge in [-0.25, -0.2) is 0 Å². The van der Waals surface area contributed by atoms with Gasteiger partial charge in [0.25, 0.3) is 0 Å². The molecule has 2 rings (SSSR count). The minimum Gasteiger partial charge on any atom is -0.377 e. The average molecular weight is 294 g/mol. The lowest BCUT2D eigenvalue weighted by Gasteiger charge is -2.14. The molecule has 0 spiro atoms. The highest BCUT2D eigenvalue weighted by Gasteiger charge is 2.25. The molecule has 0 aromatic rings. The maximum absolute atomic E-state index is 5.89. The Kier molecular flexibility index (Phi) is 3.90. The molecule has 0 aromatic heterocycles. The van der Waals surface area contributed by atoms with Crippen LogP contribution in [-0.4, -0.2) is 16.6 Å². The van der Waals surface area contributed by atoms with Crippen LogP contribution in [0.4, 0.5) is 0 Å². The first kappa shape index (κ1) is 10.2. The fourth-order valence-electron chi connectivity index (χ4n) is 2.08. The zero-order valence-electron chi connectivity index (χ0n) is 8.18. The SMILES string of the molecule is IC1CCCC1OCCCC1CC1. The summed E-state index contributed by atoms with van der Waals surface area (Å²) in [7, 11) is 0. The molecule has 2 saturated carbocycles. The first-order chi connectivity index (χ1) is 6.36. The summed E-state index contributed by atoms with van der Waals surface area (Å²) >= 11 is 2.55. The molecule has 2 aliphatic carbocycles. The largest absolute Gasteiger partial charge is 0.377 e. The third-order valence-corrected chi connectivity index (χ3v) is 4.58. The number of ether oxygens (including phenoxy) is 1. The highest BCUT2D eigenvalue weighted by molar-refractivity contribution is 14.1. The summed E-state index contributed by atoms with van der Waals surface area (Å²) in [6.07, 6.45) is 10.3. The predicted octanol–water partition coefficient (Wildman–Crippen LogP) is 3.55. The number of hydrogen-bond acceptors (Lipinski definition) is 1. The van der Waals surface area contributed by atoms with Crippen LogP contribution in [0, 0.1) is 5.92 Å². The van der Waals surface area contributed by atoms with E-state index in [0.29, 0.717) is 6.10 Å². The van der Waals surface area contributed by atoms with Crippen molar-refractivity contribution < 1.29 is 4.74 Å². The molecule has 0 amide bonds. The second-order valence-corrected chi connectivity index (χ2v) is 6.04. The maximum atomic E-state index is 5.89. The molecule has 2 atom stereocenters. The molecule has 0 bridgehead atoms. The Morgan fingerprint density at radius 3 is 2.62 bits per heavy atom. The molecule has 76 valence electrons. The van der Waals surface area contributed by atoms with E-state index >= 15 is 0 Å². The lowest BCUT2D eigenvalue weighted by molar-refractivity contribution is 0.0610. The van der Waals surface area contributed by atoms with E-state index in [0.717, 1.165) is 16.4 Å². The lowest BCUT2D eigenvalue weighted by Crippen LogP contribution is -2.18. The number of rotatable bonds is 5. The maximum Gasteiger partial charge on any atom is 0.0692 e. The van der Waals surface area contributed by atoms with Gasteiger partial charge in [0.05, 0.1) is 6.10 Å². The predicted molar refractivity (Wildman–Crippen MR) is 63.4 cm³/mol. The van der Waals surface area contributed by atoms with Crippen LogP contribution in [0.3, 0.4) is 0 Å². The van der Waals surface area contributed by atoms with Crippen molar-refractivity contribution in [3.63, 3.8) is 0 Å². The summed E-state index contributed by atoms with van der Waals surface area (Å²) in [5, 5.41) is 0. The second kappa shape index (κ2) is 4.96. The molecule has 0 aliphatic heterocycles. The third kappa shape index (κ3) is 3.39. The van der Waals surface area contributed by atoms with Gasteiger partial charge in [-0.15, -0.1) is 0 Å². The van der Waals surface area contributed by atoms with Crippen molar-refractivity contribution in [1.29, 1.82) is 0 Å². The fraction of sp³-hybridized carbons (Fsp3) is 1.00. The van der Waals surface area contributed by atoms with Gasteiger partial charge in [-0.1, -0.05) is 35.4 Å². The van der Waals surface area contributed by atoms with Gasteiger partial charge in [-0.3, -0.25) is 0 Å². The zero-order chi connectivity index (χ0) is 9.10. The Balaban J connectivity index is 1.51. The minimum atomic E-state index is 0.583. The Bertz CT molecular complexity index is 156. The Hall–Kier alpha value is 0.690. The van der Waals surface area contributed by atoms with E-state index in [1.165, 1.54) is 44.9 Å². The first-order valence-corrected chi connectivity index (χ1v) is 6.86. The van der Waals surface area contributed by atoms with E-state index in [1.807, 2.05) is 0 Å². The fourth-order valence-corrected chi connectivity index (χ4v) is 3.09. The van der Waals surface area contributed by atoms with Gasteiger partial charge in [0.2, 0.25) is 0 Å². The summed E-state index contributed by atoms with van der Waals surface area (Å²) in [4.78, 5) is 0.